The number of aromatic nitrogens is 1. The van der Waals surface area contributed by atoms with Crippen LogP contribution >= 0.6 is 23.2 Å². The molecule has 0 spiro atoms. The fourth-order valence-corrected chi connectivity index (χ4v) is 2.83. The van der Waals surface area contributed by atoms with Crippen LogP contribution < -0.4 is 10.6 Å². The monoisotopic (exact) mass is 364 g/mol. The molecule has 0 aliphatic heterocycles. The van der Waals surface area contributed by atoms with E-state index in [9.17, 15) is 0 Å². The van der Waals surface area contributed by atoms with Crippen LogP contribution in [0.3, 0.4) is 0 Å². The van der Waals surface area contributed by atoms with Crippen LogP contribution in [0, 0.1) is 0 Å². The Morgan fingerprint density at radius 1 is 1.04 bits per heavy atom. The number of rotatable bonds is 7. The fourth-order valence-electron chi connectivity index (χ4n) is 2.25. The molecular formula is C18H22Cl2N4. The molecule has 0 fully saturated rings. The van der Waals surface area contributed by atoms with Crippen LogP contribution in [0.1, 0.15) is 18.2 Å². The van der Waals surface area contributed by atoms with Crippen molar-refractivity contribution in [1.29, 1.82) is 0 Å². The molecule has 0 aliphatic carbocycles. The van der Waals surface area contributed by atoms with Gasteiger partial charge in [-0.25, -0.2) is 0 Å². The Hall–Kier alpha value is -1.78. The van der Waals surface area contributed by atoms with Gasteiger partial charge in [-0.05, 0) is 43.2 Å². The largest absolute Gasteiger partial charge is 0.357 e. The average molecular weight is 365 g/mol. The molecular weight excluding hydrogens is 343 g/mol. The van der Waals surface area contributed by atoms with Crippen molar-refractivity contribution in [2.75, 3.05) is 19.6 Å². The van der Waals surface area contributed by atoms with Crippen LogP contribution in [0.15, 0.2) is 47.6 Å². The van der Waals surface area contributed by atoms with Crippen molar-refractivity contribution in [3.63, 3.8) is 0 Å². The van der Waals surface area contributed by atoms with Crippen LogP contribution in [0.25, 0.3) is 0 Å². The van der Waals surface area contributed by atoms with Gasteiger partial charge in [-0.15, -0.1) is 0 Å². The third-order valence-electron chi connectivity index (χ3n) is 3.44. The second-order valence-electron chi connectivity index (χ2n) is 5.21. The molecule has 6 heteroatoms. The first-order valence-corrected chi connectivity index (χ1v) is 8.81. The summed E-state index contributed by atoms with van der Waals surface area (Å²) in [5.74, 6) is 0.789. The molecule has 4 nitrogen and oxygen atoms in total. The van der Waals surface area contributed by atoms with Gasteiger partial charge in [0.25, 0.3) is 0 Å². The first kappa shape index (κ1) is 18.6. The van der Waals surface area contributed by atoms with Gasteiger partial charge in [0.2, 0.25) is 0 Å². The Balaban J connectivity index is 1.85. The number of pyridine rings is 1. The smallest absolute Gasteiger partial charge is 0.191 e. The first-order chi connectivity index (χ1) is 11.7. The summed E-state index contributed by atoms with van der Waals surface area (Å²) in [6.45, 7) is 4.24. The molecule has 0 saturated carbocycles. The lowest BCUT2D eigenvalue weighted by atomic mass is 10.1. The van der Waals surface area contributed by atoms with Gasteiger partial charge in [0.1, 0.15) is 0 Å². The lowest BCUT2D eigenvalue weighted by Gasteiger charge is -2.12. The molecule has 0 unspecified atom stereocenters. The lowest BCUT2D eigenvalue weighted by molar-refractivity contribution is 0.794. The van der Waals surface area contributed by atoms with Gasteiger partial charge in [-0.3, -0.25) is 9.98 Å². The van der Waals surface area contributed by atoms with Gasteiger partial charge in [0, 0.05) is 48.0 Å². The van der Waals surface area contributed by atoms with Crippen molar-refractivity contribution < 1.29 is 0 Å². The van der Waals surface area contributed by atoms with E-state index in [0.717, 1.165) is 36.6 Å². The molecule has 0 atom stereocenters. The lowest BCUT2D eigenvalue weighted by Crippen LogP contribution is -2.38. The zero-order chi connectivity index (χ0) is 17.2. The highest BCUT2D eigenvalue weighted by molar-refractivity contribution is 6.35. The highest BCUT2D eigenvalue weighted by Gasteiger charge is 2.05. The van der Waals surface area contributed by atoms with Crippen molar-refractivity contribution in [1.82, 2.24) is 15.6 Å². The van der Waals surface area contributed by atoms with Crippen LogP contribution in [-0.4, -0.2) is 30.6 Å². The summed E-state index contributed by atoms with van der Waals surface area (Å²) in [5, 5.41) is 7.94. The summed E-state index contributed by atoms with van der Waals surface area (Å²) in [7, 11) is 0. The van der Waals surface area contributed by atoms with Crippen molar-refractivity contribution >= 4 is 29.2 Å². The Bertz CT molecular complexity index is 639. The van der Waals surface area contributed by atoms with E-state index in [-0.39, 0.29) is 0 Å². The molecule has 1 heterocycles. The van der Waals surface area contributed by atoms with E-state index in [0.29, 0.717) is 23.1 Å². The minimum atomic E-state index is 0.680. The molecule has 1 aromatic heterocycles. The second kappa shape index (κ2) is 10.2. The van der Waals surface area contributed by atoms with Gasteiger partial charge >= 0.3 is 0 Å². The first-order valence-electron chi connectivity index (χ1n) is 8.05. The van der Waals surface area contributed by atoms with E-state index >= 15 is 0 Å². The predicted octanol–water partition coefficient (Wildman–Crippen LogP) is 3.73. The summed E-state index contributed by atoms with van der Waals surface area (Å²) >= 11 is 12.4. The molecule has 2 N–H and O–H groups in total. The number of hydrogen-bond acceptors (Lipinski definition) is 2. The Labute approximate surface area is 153 Å². The number of halogens is 2. The molecule has 24 heavy (non-hydrogen) atoms. The van der Waals surface area contributed by atoms with Crippen molar-refractivity contribution in [2.45, 2.75) is 19.8 Å². The van der Waals surface area contributed by atoms with Crippen LogP contribution in [0.4, 0.5) is 0 Å². The SMILES string of the molecule is CCNC(=NCCc1ccccn1)NCCc1c(Cl)cccc1Cl. The molecule has 128 valence electrons. The third-order valence-corrected chi connectivity index (χ3v) is 4.15. The third kappa shape index (κ3) is 6.02. The standard InChI is InChI=1S/C18H22Cl2N4/c1-2-21-18(23-12-9-14-6-3-4-11-22-14)24-13-10-15-16(19)7-5-8-17(15)20/h3-8,11H,2,9-10,12-13H2,1H3,(H2,21,23,24). The van der Waals surface area contributed by atoms with E-state index in [1.165, 1.54) is 0 Å². The van der Waals surface area contributed by atoms with E-state index in [2.05, 4.69) is 20.6 Å². The van der Waals surface area contributed by atoms with Crippen molar-refractivity contribution in [3.8, 4) is 0 Å². The Morgan fingerprint density at radius 3 is 2.50 bits per heavy atom. The van der Waals surface area contributed by atoms with Gasteiger partial charge in [-0.2, -0.15) is 0 Å². The number of guanidine groups is 1. The molecule has 2 rings (SSSR count). The maximum Gasteiger partial charge on any atom is 0.191 e. The highest BCUT2D eigenvalue weighted by atomic mass is 35.5. The zero-order valence-electron chi connectivity index (χ0n) is 13.7. The fraction of sp³-hybridized carbons (Fsp3) is 0.333. The molecule has 0 radical (unpaired) electrons. The number of hydrogen-bond donors (Lipinski definition) is 2. The molecule has 0 amide bonds. The zero-order valence-corrected chi connectivity index (χ0v) is 15.2. The van der Waals surface area contributed by atoms with Crippen LogP contribution in [-0.2, 0) is 12.8 Å². The number of benzene rings is 1. The van der Waals surface area contributed by atoms with Crippen molar-refractivity contribution in [2.24, 2.45) is 4.99 Å². The van der Waals surface area contributed by atoms with Gasteiger partial charge in [-0.1, -0.05) is 35.3 Å². The summed E-state index contributed by atoms with van der Waals surface area (Å²) < 4.78 is 0. The van der Waals surface area contributed by atoms with Crippen LogP contribution in [0.2, 0.25) is 10.0 Å². The van der Waals surface area contributed by atoms with E-state index < -0.39 is 0 Å². The average Bonchev–Trinajstić information content (AvgIpc) is 2.58. The summed E-state index contributed by atoms with van der Waals surface area (Å²) in [6, 6.07) is 11.5. The van der Waals surface area contributed by atoms with Gasteiger partial charge < -0.3 is 10.6 Å². The quantitative estimate of drug-likeness (QED) is 0.581. The molecule has 0 aliphatic rings. The minimum absolute atomic E-state index is 0.680. The van der Waals surface area contributed by atoms with Crippen LogP contribution in [0.5, 0.6) is 0 Å². The van der Waals surface area contributed by atoms with E-state index in [4.69, 9.17) is 23.2 Å². The minimum Gasteiger partial charge on any atom is -0.357 e. The maximum atomic E-state index is 6.19. The van der Waals surface area contributed by atoms with E-state index in [1.54, 1.807) is 6.20 Å². The second-order valence-corrected chi connectivity index (χ2v) is 6.02. The van der Waals surface area contributed by atoms with Gasteiger partial charge in [0.05, 0.1) is 0 Å². The topological polar surface area (TPSA) is 49.3 Å². The summed E-state index contributed by atoms with van der Waals surface area (Å²) in [5.41, 5.74) is 2.00. The predicted molar refractivity (Wildman–Crippen MR) is 102 cm³/mol. The summed E-state index contributed by atoms with van der Waals surface area (Å²) in [4.78, 5) is 8.88. The summed E-state index contributed by atoms with van der Waals surface area (Å²) in [6.07, 6.45) is 3.35. The molecule has 2 aromatic rings. The number of nitrogens with one attached hydrogen (secondary N) is 2. The molecule has 0 bridgehead atoms. The number of aliphatic imine (C=N–C) groups is 1. The highest BCUT2D eigenvalue weighted by Crippen LogP contribution is 2.24. The Morgan fingerprint density at radius 2 is 1.83 bits per heavy atom. The normalized spacial score (nSPS) is 11.4. The number of nitrogens with zero attached hydrogens (tertiary/aromatic N) is 2. The van der Waals surface area contributed by atoms with E-state index in [1.807, 2.05) is 43.3 Å². The van der Waals surface area contributed by atoms with Gasteiger partial charge in [0.15, 0.2) is 5.96 Å². The van der Waals surface area contributed by atoms with Crippen molar-refractivity contribution in [3.05, 3.63) is 63.9 Å². The molecule has 0 saturated heterocycles. The maximum absolute atomic E-state index is 6.19. The molecule has 1 aromatic carbocycles. The Kier molecular flexibility index (Phi) is 7.86.